The lowest BCUT2D eigenvalue weighted by Crippen LogP contribution is -2.01. The molecule has 0 amide bonds. The number of hydrogen-bond acceptors (Lipinski definition) is 4. The molecule has 0 aliphatic heterocycles. The average Bonchev–Trinajstić information content (AvgIpc) is 3.28. The van der Waals surface area contributed by atoms with E-state index in [1.165, 1.54) is 0 Å². The Kier molecular flexibility index (Phi) is 4.11. The first-order valence-corrected chi connectivity index (χ1v) is 9.68. The molecule has 0 aliphatic carbocycles. The molecule has 0 aliphatic rings. The molecule has 0 bridgehead atoms. The number of nitrogens with one attached hydrogen (secondary N) is 2. The highest BCUT2D eigenvalue weighted by Crippen LogP contribution is 2.40. The minimum Gasteiger partial charge on any atom is -0.372 e. The summed E-state index contributed by atoms with van der Waals surface area (Å²) in [7, 11) is 1.84. The van der Waals surface area contributed by atoms with Crippen LogP contribution in [0.25, 0.3) is 27.7 Å². The molecule has 1 aromatic carbocycles. The van der Waals surface area contributed by atoms with Crippen LogP contribution in [0.1, 0.15) is 23.3 Å². The Bertz CT molecular complexity index is 1110. The molecule has 0 saturated heterocycles. The zero-order valence-corrected chi connectivity index (χ0v) is 15.9. The van der Waals surface area contributed by atoms with Crippen molar-refractivity contribution in [1.82, 2.24) is 19.6 Å². The van der Waals surface area contributed by atoms with Crippen LogP contribution in [0.15, 0.2) is 30.7 Å². The number of nitrogens with zero attached hydrogens (tertiary/aromatic N) is 3. The molecule has 4 aromatic rings. The Morgan fingerprint density at radius 3 is 2.85 bits per heavy atom. The summed E-state index contributed by atoms with van der Waals surface area (Å²) in [6.45, 7) is 3.85. The molecular weight excluding hydrogens is 349 g/mol. The van der Waals surface area contributed by atoms with E-state index < -0.39 is 0 Å². The van der Waals surface area contributed by atoms with Crippen molar-refractivity contribution in [2.75, 3.05) is 18.6 Å². The van der Waals surface area contributed by atoms with Crippen LogP contribution in [0.3, 0.4) is 0 Å². The number of halogens is 1. The fourth-order valence-corrected chi connectivity index (χ4v) is 3.89. The molecule has 0 saturated carbocycles. The normalized spacial score (nSPS) is 12.8. The number of rotatable bonds is 4. The molecule has 1 unspecified atom stereocenters. The minimum absolute atomic E-state index is 0.0417. The summed E-state index contributed by atoms with van der Waals surface area (Å²) in [5, 5.41) is 11.2. The zero-order valence-electron chi connectivity index (χ0n) is 15.1. The van der Waals surface area contributed by atoms with Crippen molar-refractivity contribution < 1.29 is 4.39 Å². The van der Waals surface area contributed by atoms with E-state index in [0.717, 1.165) is 33.5 Å². The van der Waals surface area contributed by atoms with Gasteiger partial charge in [-0.15, -0.1) is 0 Å². The molecule has 3 aromatic heterocycles. The van der Waals surface area contributed by atoms with Crippen molar-refractivity contribution in [1.29, 1.82) is 0 Å². The van der Waals surface area contributed by atoms with E-state index in [0.29, 0.717) is 11.1 Å². The van der Waals surface area contributed by atoms with Crippen molar-refractivity contribution in [3.63, 3.8) is 0 Å². The quantitative estimate of drug-likeness (QED) is 0.543. The third kappa shape index (κ3) is 2.46. The summed E-state index contributed by atoms with van der Waals surface area (Å²) in [6.07, 6.45) is 7.67. The lowest BCUT2D eigenvalue weighted by Gasteiger charge is -2.17. The molecule has 134 valence electrons. The molecule has 0 spiro atoms. The van der Waals surface area contributed by atoms with Crippen LogP contribution < -0.4 is 5.32 Å². The minimum atomic E-state index is -0.166. The van der Waals surface area contributed by atoms with Crippen LogP contribution in [0, 0.1) is 12.7 Å². The van der Waals surface area contributed by atoms with Crippen LogP contribution in [0.5, 0.6) is 0 Å². The van der Waals surface area contributed by atoms with E-state index >= 15 is 4.39 Å². The molecule has 4 rings (SSSR count). The number of fused-ring (bicyclic) bond motifs is 2. The Morgan fingerprint density at radius 1 is 1.31 bits per heavy atom. The number of aromatic amines is 1. The topological polar surface area (TPSA) is 58.0 Å². The summed E-state index contributed by atoms with van der Waals surface area (Å²) in [5.74, 6) is 0.628. The maximum Gasteiger partial charge on any atom is 0.145 e. The molecule has 0 fully saturated rings. The van der Waals surface area contributed by atoms with Gasteiger partial charge in [0.2, 0.25) is 0 Å². The molecule has 7 heteroatoms. The van der Waals surface area contributed by atoms with Crippen molar-refractivity contribution in [2.45, 2.75) is 19.1 Å². The Labute approximate surface area is 155 Å². The summed E-state index contributed by atoms with van der Waals surface area (Å²) < 4.78 is 17.2. The van der Waals surface area contributed by atoms with Gasteiger partial charge in [0, 0.05) is 29.4 Å². The summed E-state index contributed by atoms with van der Waals surface area (Å²) in [5.41, 5.74) is 4.74. The third-order valence-corrected chi connectivity index (χ3v) is 5.82. The SMILES string of the molecule is CNc1cn2cc(-c3c(C)c(F)c(C(C)SC)c4[nH]ncc34)ccc2n1. The van der Waals surface area contributed by atoms with E-state index in [9.17, 15) is 0 Å². The molecule has 3 heterocycles. The summed E-state index contributed by atoms with van der Waals surface area (Å²) in [6, 6.07) is 3.92. The Morgan fingerprint density at radius 2 is 2.12 bits per heavy atom. The second-order valence-electron chi connectivity index (χ2n) is 6.32. The Hall–Kier alpha value is -2.54. The number of benzene rings is 1. The van der Waals surface area contributed by atoms with Crippen molar-refractivity contribution in [2.24, 2.45) is 0 Å². The van der Waals surface area contributed by atoms with E-state index in [1.807, 2.05) is 56.1 Å². The Balaban J connectivity index is 2.00. The first-order chi connectivity index (χ1) is 12.5. The van der Waals surface area contributed by atoms with Gasteiger partial charge in [0.25, 0.3) is 0 Å². The second kappa shape index (κ2) is 6.32. The van der Waals surface area contributed by atoms with Gasteiger partial charge >= 0.3 is 0 Å². The van der Waals surface area contributed by atoms with Crippen LogP contribution in [-0.2, 0) is 0 Å². The number of thioether (sulfide) groups is 1. The van der Waals surface area contributed by atoms with Gasteiger partial charge < -0.3 is 9.72 Å². The molecule has 5 nitrogen and oxygen atoms in total. The number of hydrogen-bond donors (Lipinski definition) is 2. The summed E-state index contributed by atoms with van der Waals surface area (Å²) in [4.78, 5) is 4.46. The smallest absolute Gasteiger partial charge is 0.145 e. The predicted molar refractivity (Wildman–Crippen MR) is 106 cm³/mol. The van der Waals surface area contributed by atoms with Crippen molar-refractivity contribution in [3.05, 3.63) is 47.7 Å². The van der Waals surface area contributed by atoms with Gasteiger partial charge in [0.15, 0.2) is 0 Å². The maximum atomic E-state index is 15.3. The van der Waals surface area contributed by atoms with Crippen molar-refractivity contribution >= 4 is 34.1 Å². The first kappa shape index (κ1) is 16.9. The molecular formula is C19H20FN5S. The van der Waals surface area contributed by atoms with Gasteiger partial charge in [-0.2, -0.15) is 16.9 Å². The highest BCUT2D eigenvalue weighted by Gasteiger charge is 2.23. The van der Waals surface area contributed by atoms with Gasteiger partial charge in [0.1, 0.15) is 17.3 Å². The van der Waals surface area contributed by atoms with E-state index in [4.69, 9.17) is 0 Å². The summed E-state index contributed by atoms with van der Waals surface area (Å²) >= 11 is 1.62. The number of imidazole rings is 1. The standard InChI is InChI=1S/C19H20FN5S/c1-10-16(12-5-6-15-23-14(21-3)9-25(15)8-12)13-7-22-24-19(13)17(18(10)20)11(2)26-4/h5-9,11,21H,1-4H3,(H,22,24). The number of anilines is 1. The highest BCUT2D eigenvalue weighted by atomic mass is 32.2. The first-order valence-electron chi connectivity index (χ1n) is 8.39. The van der Waals surface area contributed by atoms with Gasteiger partial charge in [-0.1, -0.05) is 0 Å². The lowest BCUT2D eigenvalue weighted by molar-refractivity contribution is 0.605. The monoisotopic (exact) mass is 369 g/mol. The van der Waals surface area contributed by atoms with E-state index in [2.05, 4.69) is 20.5 Å². The van der Waals surface area contributed by atoms with Crippen LogP contribution >= 0.6 is 11.8 Å². The highest BCUT2D eigenvalue weighted by molar-refractivity contribution is 7.98. The van der Waals surface area contributed by atoms with Gasteiger partial charge in [-0.25, -0.2) is 9.37 Å². The molecule has 26 heavy (non-hydrogen) atoms. The van der Waals surface area contributed by atoms with Gasteiger partial charge in [-0.05, 0) is 48.9 Å². The van der Waals surface area contributed by atoms with Crippen LogP contribution in [0.4, 0.5) is 10.2 Å². The van der Waals surface area contributed by atoms with Gasteiger partial charge in [0.05, 0.1) is 17.9 Å². The fraction of sp³-hybridized carbons (Fsp3) is 0.263. The predicted octanol–water partition coefficient (Wildman–Crippen LogP) is 4.79. The van der Waals surface area contributed by atoms with E-state index in [1.54, 1.807) is 18.0 Å². The second-order valence-corrected chi connectivity index (χ2v) is 7.50. The lowest BCUT2D eigenvalue weighted by atomic mass is 9.93. The van der Waals surface area contributed by atoms with Gasteiger partial charge in [-0.3, -0.25) is 5.10 Å². The van der Waals surface area contributed by atoms with E-state index in [-0.39, 0.29) is 11.1 Å². The number of pyridine rings is 1. The molecule has 0 radical (unpaired) electrons. The van der Waals surface area contributed by atoms with Crippen LogP contribution in [-0.4, -0.2) is 32.9 Å². The largest absolute Gasteiger partial charge is 0.372 e. The average molecular weight is 369 g/mol. The fourth-order valence-electron chi connectivity index (χ4n) is 3.44. The molecule has 1 atom stereocenters. The number of H-pyrrole nitrogens is 1. The maximum absolute atomic E-state index is 15.3. The number of aromatic nitrogens is 4. The van der Waals surface area contributed by atoms with Crippen molar-refractivity contribution in [3.8, 4) is 11.1 Å². The zero-order chi connectivity index (χ0) is 18.4. The van der Waals surface area contributed by atoms with Crippen LogP contribution in [0.2, 0.25) is 0 Å². The third-order valence-electron chi connectivity index (χ3n) is 4.87. The molecule has 2 N–H and O–H groups in total.